The van der Waals surface area contributed by atoms with Gasteiger partial charge in [-0.2, -0.15) is 5.10 Å². The molecule has 1 saturated carbocycles. The summed E-state index contributed by atoms with van der Waals surface area (Å²) in [5.41, 5.74) is 7.00. The van der Waals surface area contributed by atoms with Crippen LogP contribution in [0.3, 0.4) is 0 Å². The number of amides is 1. The fourth-order valence-corrected chi connectivity index (χ4v) is 6.55. The van der Waals surface area contributed by atoms with E-state index in [1.807, 2.05) is 38.0 Å². The molecule has 2 atom stereocenters. The highest BCUT2D eigenvalue weighted by Gasteiger charge is 2.44. The lowest BCUT2D eigenvalue weighted by atomic mass is 9.77. The number of benzene rings is 3. The standard InChI is InChI=1S/C35H40N6O4/c1-37(2)28-13-8-24(9-14-28)22-26-6-5-7-30-33(26)36-40(34(30)25-10-15-29(16-11-25)38(3)4)35(42)27-12-17-31(32(23-27)41(43)44)39-18-20-45-21-19-39/h8-17,22-23,30,34H,5-7,18-21H2,1-4H3/b26-22+/t30-,34+/m0/s1. The second-order valence-electron chi connectivity index (χ2n) is 12.3. The zero-order valence-electron chi connectivity index (χ0n) is 26.3. The second-order valence-corrected chi connectivity index (χ2v) is 12.3. The fraction of sp³-hybridized carbons (Fsp3) is 0.371. The van der Waals surface area contributed by atoms with Crippen molar-refractivity contribution in [3.63, 3.8) is 0 Å². The molecule has 3 aliphatic rings. The first-order chi connectivity index (χ1) is 21.7. The zero-order chi connectivity index (χ0) is 31.7. The van der Waals surface area contributed by atoms with E-state index in [1.54, 1.807) is 17.1 Å². The number of nitro benzene ring substituents is 1. The smallest absolute Gasteiger partial charge is 0.293 e. The van der Waals surface area contributed by atoms with E-state index >= 15 is 0 Å². The normalized spacial score (nSPS) is 20.5. The molecule has 1 saturated heterocycles. The van der Waals surface area contributed by atoms with Gasteiger partial charge in [-0.3, -0.25) is 14.9 Å². The highest BCUT2D eigenvalue weighted by molar-refractivity contribution is 6.09. The van der Waals surface area contributed by atoms with Crippen molar-refractivity contribution in [1.82, 2.24) is 5.01 Å². The van der Waals surface area contributed by atoms with E-state index in [4.69, 9.17) is 9.84 Å². The number of hydrogen-bond acceptors (Lipinski definition) is 8. The van der Waals surface area contributed by atoms with Crippen molar-refractivity contribution in [1.29, 1.82) is 0 Å². The predicted octanol–water partition coefficient (Wildman–Crippen LogP) is 6.00. The summed E-state index contributed by atoms with van der Waals surface area (Å²) in [5.74, 6) is -0.326. The first-order valence-corrected chi connectivity index (χ1v) is 15.5. The van der Waals surface area contributed by atoms with E-state index < -0.39 is 4.92 Å². The summed E-state index contributed by atoms with van der Waals surface area (Å²) in [5, 5.41) is 18.8. The third kappa shape index (κ3) is 6.15. The minimum Gasteiger partial charge on any atom is -0.378 e. The largest absolute Gasteiger partial charge is 0.378 e. The van der Waals surface area contributed by atoms with E-state index in [0.717, 1.165) is 53.0 Å². The number of nitro groups is 1. The first kappa shape index (κ1) is 30.3. The Balaban J connectivity index is 1.39. The van der Waals surface area contributed by atoms with E-state index in [9.17, 15) is 14.9 Å². The number of anilines is 3. The van der Waals surface area contributed by atoms with Crippen LogP contribution in [0.4, 0.5) is 22.7 Å². The monoisotopic (exact) mass is 608 g/mol. The number of hydrazone groups is 1. The van der Waals surface area contributed by atoms with E-state index in [0.29, 0.717) is 32.0 Å². The molecule has 0 unspecified atom stereocenters. The number of hydrogen-bond donors (Lipinski definition) is 0. The van der Waals surface area contributed by atoms with Crippen LogP contribution in [-0.2, 0) is 4.74 Å². The van der Waals surface area contributed by atoms with Crippen LogP contribution in [0.2, 0.25) is 0 Å². The average molecular weight is 609 g/mol. The molecule has 2 heterocycles. The molecule has 2 fully saturated rings. The number of nitrogens with zero attached hydrogens (tertiary/aromatic N) is 6. The lowest BCUT2D eigenvalue weighted by molar-refractivity contribution is -0.384. The summed E-state index contributed by atoms with van der Waals surface area (Å²) < 4.78 is 5.44. The Morgan fingerprint density at radius 2 is 1.60 bits per heavy atom. The zero-order valence-corrected chi connectivity index (χ0v) is 26.3. The number of carbonyl (C=O) groups excluding carboxylic acids is 1. The molecule has 45 heavy (non-hydrogen) atoms. The van der Waals surface area contributed by atoms with Crippen molar-refractivity contribution in [2.75, 3.05) is 69.2 Å². The van der Waals surface area contributed by atoms with Gasteiger partial charge in [0.1, 0.15) is 5.69 Å². The van der Waals surface area contributed by atoms with Crippen molar-refractivity contribution in [3.05, 3.63) is 99.1 Å². The lowest BCUT2D eigenvalue weighted by Gasteiger charge is -2.30. The van der Waals surface area contributed by atoms with Gasteiger partial charge in [0.05, 0.1) is 29.9 Å². The SMILES string of the molecule is CN(C)c1ccc(/C=C2\CCC[C@H]3C2=NN(C(=O)c2ccc(N4CCOCC4)c([N+](=O)[O-])c2)[C@@H]3c2ccc(N(C)C)cc2)cc1. The van der Waals surface area contributed by atoms with Gasteiger partial charge in [0, 0.05) is 70.2 Å². The molecule has 0 bridgehead atoms. The fourth-order valence-electron chi connectivity index (χ4n) is 6.55. The molecular weight excluding hydrogens is 568 g/mol. The van der Waals surface area contributed by atoms with E-state index in [-0.39, 0.29) is 29.1 Å². The summed E-state index contributed by atoms with van der Waals surface area (Å²) in [6.45, 7) is 2.14. The maximum Gasteiger partial charge on any atom is 0.293 e. The Morgan fingerprint density at radius 1 is 0.956 bits per heavy atom. The number of ether oxygens (including phenoxy) is 1. The van der Waals surface area contributed by atoms with Crippen LogP contribution < -0.4 is 14.7 Å². The van der Waals surface area contributed by atoms with Crippen LogP contribution in [0.15, 0.2) is 77.4 Å². The van der Waals surface area contributed by atoms with Crippen LogP contribution in [0.25, 0.3) is 6.08 Å². The molecule has 0 aromatic heterocycles. The maximum absolute atomic E-state index is 14.3. The second kappa shape index (κ2) is 12.7. The number of carbonyl (C=O) groups is 1. The quantitative estimate of drug-likeness (QED) is 0.240. The predicted molar refractivity (Wildman–Crippen MR) is 179 cm³/mol. The Hall–Kier alpha value is -4.70. The summed E-state index contributed by atoms with van der Waals surface area (Å²) in [6, 6.07) is 21.1. The molecule has 6 rings (SSSR count). The summed E-state index contributed by atoms with van der Waals surface area (Å²) in [7, 11) is 8.04. The van der Waals surface area contributed by atoms with Gasteiger partial charge in [-0.05, 0) is 78.4 Å². The van der Waals surface area contributed by atoms with Crippen molar-refractivity contribution in [2.45, 2.75) is 25.3 Å². The van der Waals surface area contributed by atoms with Crippen LogP contribution in [-0.4, -0.2) is 76.0 Å². The number of allylic oxidation sites excluding steroid dienone is 1. The molecule has 1 aliphatic carbocycles. The molecule has 0 spiro atoms. The molecule has 10 nitrogen and oxygen atoms in total. The van der Waals surface area contributed by atoms with Crippen LogP contribution in [0.5, 0.6) is 0 Å². The van der Waals surface area contributed by atoms with Crippen LogP contribution >= 0.6 is 0 Å². The summed E-state index contributed by atoms with van der Waals surface area (Å²) in [4.78, 5) is 32.2. The minimum absolute atomic E-state index is 0.0165. The third-order valence-corrected chi connectivity index (χ3v) is 8.98. The Kier molecular flexibility index (Phi) is 8.58. The summed E-state index contributed by atoms with van der Waals surface area (Å²) in [6.07, 6.45) is 4.94. The average Bonchev–Trinajstić information content (AvgIpc) is 3.45. The Bertz CT molecular complexity index is 1620. The van der Waals surface area contributed by atoms with Crippen molar-refractivity contribution < 1.29 is 14.5 Å². The van der Waals surface area contributed by atoms with Crippen molar-refractivity contribution in [3.8, 4) is 0 Å². The molecule has 3 aromatic rings. The van der Waals surface area contributed by atoms with Crippen LogP contribution in [0, 0.1) is 16.0 Å². The molecule has 1 amide bonds. The molecule has 2 aliphatic heterocycles. The van der Waals surface area contributed by atoms with Gasteiger partial charge in [-0.15, -0.1) is 0 Å². The number of morpholine rings is 1. The number of rotatable bonds is 7. The third-order valence-electron chi connectivity index (χ3n) is 8.98. The molecule has 10 heteroatoms. The molecule has 0 N–H and O–H groups in total. The highest BCUT2D eigenvalue weighted by atomic mass is 16.6. The van der Waals surface area contributed by atoms with Gasteiger partial charge >= 0.3 is 0 Å². The van der Waals surface area contributed by atoms with Crippen molar-refractivity contribution >= 4 is 40.4 Å². The highest BCUT2D eigenvalue weighted by Crippen LogP contribution is 2.45. The summed E-state index contributed by atoms with van der Waals surface area (Å²) >= 11 is 0. The van der Waals surface area contributed by atoms with Gasteiger partial charge in [0.15, 0.2) is 0 Å². The first-order valence-electron chi connectivity index (χ1n) is 15.5. The van der Waals surface area contributed by atoms with Gasteiger partial charge in [-0.25, -0.2) is 5.01 Å². The Labute approximate surface area is 264 Å². The Morgan fingerprint density at radius 3 is 2.22 bits per heavy atom. The topological polar surface area (TPSA) is 94.8 Å². The molecule has 0 radical (unpaired) electrons. The van der Waals surface area contributed by atoms with Crippen LogP contribution in [0.1, 0.15) is 46.8 Å². The minimum atomic E-state index is -0.406. The molecule has 234 valence electrons. The van der Waals surface area contributed by atoms with Gasteiger partial charge in [0.2, 0.25) is 0 Å². The van der Waals surface area contributed by atoms with E-state index in [2.05, 4.69) is 59.5 Å². The van der Waals surface area contributed by atoms with Gasteiger partial charge < -0.3 is 19.4 Å². The molecule has 3 aromatic carbocycles. The molecular formula is C35H40N6O4. The van der Waals surface area contributed by atoms with Gasteiger partial charge in [0.25, 0.3) is 11.6 Å². The number of fused-ring (bicyclic) bond motifs is 1. The maximum atomic E-state index is 14.3. The van der Waals surface area contributed by atoms with E-state index in [1.165, 1.54) is 6.07 Å². The van der Waals surface area contributed by atoms with Crippen molar-refractivity contribution in [2.24, 2.45) is 11.0 Å². The van der Waals surface area contributed by atoms with Gasteiger partial charge in [-0.1, -0.05) is 24.3 Å². The lowest BCUT2D eigenvalue weighted by Crippen LogP contribution is -2.36.